The van der Waals surface area contributed by atoms with Gasteiger partial charge in [-0.15, -0.1) is 0 Å². The number of rotatable bonds is 0. The molecule has 1 aromatic heterocycles. The van der Waals surface area contributed by atoms with Gasteiger partial charge in [-0.2, -0.15) is 4.39 Å². The summed E-state index contributed by atoms with van der Waals surface area (Å²) in [5.74, 6) is 0. The van der Waals surface area contributed by atoms with Crippen LogP contribution in [0.3, 0.4) is 0 Å². The fourth-order valence-corrected chi connectivity index (χ4v) is 0.506. The number of hydrogen-bond acceptors (Lipinski definition) is 1. The van der Waals surface area contributed by atoms with E-state index in [4.69, 9.17) is 0 Å². The van der Waals surface area contributed by atoms with Crippen molar-refractivity contribution >= 4 is 15.9 Å². The second kappa shape index (κ2) is 1.66. The van der Waals surface area contributed by atoms with Crippen molar-refractivity contribution in [1.29, 1.82) is 0 Å². The van der Waals surface area contributed by atoms with Gasteiger partial charge >= 0.3 is 0 Å². The van der Waals surface area contributed by atoms with Crippen molar-refractivity contribution in [2.45, 2.75) is 0 Å². The van der Waals surface area contributed by atoms with Crippen LogP contribution >= 0.6 is 15.9 Å². The van der Waals surface area contributed by atoms with Gasteiger partial charge in [-0.1, -0.05) is 0 Å². The molecule has 1 radical (unpaired) electrons. The lowest BCUT2D eigenvalue weighted by Gasteiger charge is -1.62. The Morgan fingerprint density at radius 1 is 1.86 bits per heavy atom. The van der Waals surface area contributed by atoms with Crippen molar-refractivity contribution < 1.29 is 8.81 Å². The fourth-order valence-electron chi connectivity index (χ4n) is 0.256. The lowest BCUT2D eigenvalue weighted by atomic mass is 10.7. The van der Waals surface area contributed by atoms with Gasteiger partial charge in [0.15, 0.2) is 0 Å². The topological polar surface area (TPSA) is 13.1 Å². The van der Waals surface area contributed by atoms with Gasteiger partial charge in [0, 0.05) is 0 Å². The summed E-state index contributed by atoms with van der Waals surface area (Å²) in [6.45, 7) is 0. The maximum atomic E-state index is 11.7. The third kappa shape index (κ3) is 1.03. The van der Waals surface area contributed by atoms with Crippen molar-refractivity contribution in [3.05, 3.63) is 22.8 Å². The predicted octanol–water partition coefficient (Wildman–Crippen LogP) is 1.98. The van der Waals surface area contributed by atoms with E-state index in [1.807, 2.05) is 0 Å². The molecule has 1 rings (SSSR count). The highest BCUT2D eigenvalue weighted by Crippen LogP contribution is 2.10. The Morgan fingerprint density at radius 3 is 2.71 bits per heavy atom. The Bertz CT molecular complexity index is 144. The lowest BCUT2D eigenvalue weighted by molar-refractivity contribution is 0.357. The van der Waals surface area contributed by atoms with Crippen LogP contribution in [0.25, 0.3) is 0 Å². The highest BCUT2D eigenvalue weighted by molar-refractivity contribution is 9.10. The summed E-state index contributed by atoms with van der Waals surface area (Å²) in [5.41, 5.74) is 0. The molecule has 0 amide bonds. The molecule has 0 aliphatic heterocycles. The summed E-state index contributed by atoms with van der Waals surface area (Å²) in [5, 5.41) is 0. The van der Waals surface area contributed by atoms with E-state index in [1.54, 1.807) is 0 Å². The van der Waals surface area contributed by atoms with Crippen LogP contribution in [0.4, 0.5) is 4.39 Å². The second-order valence-electron chi connectivity index (χ2n) is 0.982. The molecule has 37 valence electrons. The maximum Gasteiger partial charge on any atom is 0.287 e. The van der Waals surface area contributed by atoms with Gasteiger partial charge in [-0.3, -0.25) is 0 Å². The minimum Gasteiger partial charge on any atom is -0.438 e. The van der Waals surface area contributed by atoms with Gasteiger partial charge in [-0.25, -0.2) is 0 Å². The molecule has 0 atom stereocenters. The van der Waals surface area contributed by atoms with Crippen LogP contribution in [0.1, 0.15) is 0 Å². The van der Waals surface area contributed by atoms with E-state index in [0.717, 1.165) is 0 Å². The van der Waals surface area contributed by atoms with E-state index in [2.05, 4.69) is 26.4 Å². The molecule has 1 heterocycles. The molecule has 0 saturated heterocycles. The SMILES string of the molecule is Fc1[c]c(Br)co1. The van der Waals surface area contributed by atoms with Crippen LogP contribution in [0.5, 0.6) is 0 Å². The molecule has 7 heavy (non-hydrogen) atoms. The smallest absolute Gasteiger partial charge is 0.287 e. The molecule has 0 bridgehead atoms. The van der Waals surface area contributed by atoms with Crippen LogP contribution in [-0.2, 0) is 0 Å². The van der Waals surface area contributed by atoms with Crippen molar-refractivity contribution in [3.8, 4) is 0 Å². The van der Waals surface area contributed by atoms with Crippen molar-refractivity contribution in [3.63, 3.8) is 0 Å². The Morgan fingerprint density at radius 2 is 2.57 bits per heavy atom. The minimum absolute atomic E-state index is 0.505. The zero-order valence-electron chi connectivity index (χ0n) is 3.24. The van der Waals surface area contributed by atoms with Gasteiger partial charge in [-0.05, 0) is 15.9 Å². The van der Waals surface area contributed by atoms with Crippen LogP contribution in [0.2, 0.25) is 0 Å². The van der Waals surface area contributed by atoms with Crippen LogP contribution < -0.4 is 0 Å². The van der Waals surface area contributed by atoms with Gasteiger partial charge in [0.1, 0.15) is 6.26 Å². The van der Waals surface area contributed by atoms with E-state index in [-0.39, 0.29) is 0 Å². The Labute approximate surface area is 48.3 Å². The number of hydrogen-bond donors (Lipinski definition) is 0. The first kappa shape index (κ1) is 4.84. The molecule has 0 unspecified atom stereocenters. The van der Waals surface area contributed by atoms with Crippen LogP contribution in [0.15, 0.2) is 15.2 Å². The first-order chi connectivity index (χ1) is 3.29. The summed E-state index contributed by atoms with van der Waals surface area (Å²) in [4.78, 5) is 0. The highest BCUT2D eigenvalue weighted by Gasteiger charge is 1.93. The zero-order valence-corrected chi connectivity index (χ0v) is 4.83. The van der Waals surface area contributed by atoms with E-state index in [1.165, 1.54) is 6.26 Å². The molecule has 3 heteroatoms. The van der Waals surface area contributed by atoms with Gasteiger partial charge in [0.2, 0.25) is 0 Å². The van der Waals surface area contributed by atoms with Gasteiger partial charge in [0.25, 0.3) is 6.01 Å². The monoisotopic (exact) mass is 163 g/mol. The largest absolute Gasteiger partial charge is 0.438 e. The first-order valence-corrected chi connectivity index (χ1v) is 2.40. The third-order valence-corrected chi connectivity index (χ3v) is 0.869. The number of furan rings is 1. The molecule has 0 N–H and O–H groups in total. The molecular weight excluding hydrogens is 163 g/mol. The quantitative estimate of drug-likeness (QED) is 0.571. The Balaban J connectivity index is 3.04. The summed E-state index contributed by atoms with van der Waals surface area (Å²) in [6.07, 6.45) is 1.23. The highest BCUT2D eigenvalue weighted by atomic mass is 79.9. The van der Waals surface area contributed by atoms with Crippen molar-refractivity contribution in [1.82, 2.24) is 0 Å². The van der Waals surface area contributed by atoms with E-state index >= 15 is 0 Å². The molecule has 1 aromatic rings. The van der Waals surface area contributed by atoms with Crippen molar-refractivity contribution in [2.24, 2.45) is 0 Å². The predicted molar refractivity (Wildman–Crippen MR) is 25.2 cm³/mol. The van der Waals surface area contributed by atoms with E-state index in [0.29, 0.717) is 4.47 Å². The fraction of sp³-hybridized carbons (Fsp3) is 0. The molecular formula is C4HBrFO. The Kier molecular flexibility index (Phi) is 1.15. The Hall–Kier alpha value is -0.310. The maximum absolute atomic E-state index is 11.7. The summed E-state index contributed by atoms with van der Waals surface area (Å²) < 4.78 is 16.4. The summed E-state index contributed by atoms with van der Waals surface area (Å²) in [7, 11) is 0. The molecule has 0 aliphatic rings. The van der Waals surface area contributed by atoms with Crippen molar-refractivity contribution in [2.75, 3.05) is 0 Å². The molecule has 0 spiro atoms. The van der Waals surface area contributed by atoms with Crippen LogP contribution in [-0.4, -0.2) is 0 Å². The molecule has 0 aromatic carbocycles. The first-order valence-electron chi connectivity index (χ1n) is 1.61. The third-order valence-electron chi connectivity index (χ3n) is 0.484. The lowest BCUT2D eigenvalue weighted by Crippen LogP contribution is -1.52. The van der Waals surface area contributed by atoms with E-state index in [9.17, 15) is 4.39 Å². The molecule has 0 aliphatic carbocycles. The summed E-state index contributed by atoms with van der Waals surface area (Å²) >= 11 is 2.94. The average molecular weight is 164 g/mol. The molecule has 1 nitrogen and oxygen atoms in total. The normalized spacial score (nSPS) is 9.43. The van der Waals surface area contributed by atoms with E-state index < -0.39 is 6.01 Å². The summed E-state index contributed by atoms with van der Waals surface area (Å²) in [6, 6.07) is 1.53. The zero-order chi connectivity index (χ0) is 5.28. The average Bonchev–Trinajstić information content (AvgIpc) is 1.87. The van der Waals surface area contributed by atoms with Crippen LogP contribution in [0, 0.1) is 12.1 Å². The standard InChI is InChI=1S/C4HBrFO/c5-3-1-4(6)7-2-3/h2H. The molecule has 0 saturated carbocycles. The number of halogens is 2. The van der Waals surface area contributed by atoms with Gasteiger partial charge in [0.05, 0.1) is 10.5 Å². The molecule has 0 fully saturated rings. The minimum atomic E-state index is -0.688. The second-order valence-corrected chi connectivity index (χ2v) is 1.84. The van der Waals surface area contributed by atoms with Gasteiger partial charge < -0.3 is 4.42 Å².